The Kier molecular flexibility index (Phi) is 6.40. The largest absolute Gasteiger partial charge is 0.488 e. The van der Waals surface area contributed by atoms with Crippen LogP contribution >= 0.6 is 0 Å². The maximum Gasteiger partial charge on any atom is 0.310 e. The van der Waals surface area contributed by atoms with E-state index in [1.165, 1.54) is 27.8 Å². The quantitative estimate of drug-likeness (QED) is 0.713. The van der Waals surface area contributed by atoms with Crippen molar-refractivity contribution in [3.05, 3.63) is 69.8 Å². The lowest BCUT2D eigenvalue weighted by molar-refractivity contribution is -0.148. The molecule has 5 heteroatoms. The highest BCUT2D eigenvalue weighted by atomic mass is 16.5. The molecule has 0 aromatic heterocycles. The molecule has 2 aromatic carbocycles. The molecule has 5 nitrogen and oxygen atoms in total. The SMILES string of the molecule is COCc1ccc2c(c1)COc1ccc(C)cc1C2=C1CCN(CC(C)(C)C(=O)O)CC1. The zero-order valence-electron chi connectivity index (χ0n) is 19.5. The normalized spacial score (nSPS) is 16.8. The molecule has 2 aliphatic rings. The molecule has 2 heterocycles. The number of aliphatic carboxylic acids is 1. The summed E-state index contributed by atoms with van der Waals surface area (Å²) in [4.78, 5) is 13.8. The molecule has 170 valence electrons. The van der Waals surface area contributed by atoms with Gasteiger partial charge < -0.3 is 19.5 Å². The van der Waals surface area contributed by atoms with E-state index in [1.807, 2.05) is 0 Å². The topological polar surface area (TPSA) is 59.0 Å². The van der Waals surface area contributed by atoms with Crippen LogP contribution in [0.2, 0.25) is 0 Å². The van der Waals surface area contributed by atoms with Crippen molar-refractivity contribution in [1.29, 1.82) is 0 Å². The second kappa shape index (κ2) is 9.08. The van der Waals surface area contributed by atoms with Crippen molar-refractivity contribution >= 4 is 11.5 Å². The van der Waals surface area contributed by atoms with E-state index in [9.17, 15) is 9.90 Å². The van der Waals surface area contributed by atoms with E-state index in [2.05, 4.69) is 48.2 Å². The molecule has 2 aliphatic heterocycles. The molecule has 0 unspecified atom stereocenters. The van der Waals surface area contributed by atoms with Crippen molar-refractivity contribution in [1.82, 2.24) is 4.90 Å². The number of rotatable bonds is 5. The van der Waals surface area contributed by atoms with Crippen LogP contribution in [0.25, 0.3) is 5.57 Å². The number of hydrogen-bond acceptors (Lipinski definition) is 4. The zero-order valence-corrected chi connectivity index (χ0v) is 19.5. The maximum atomic E-state index is 11.6. The molecule has 0 aliphatic carbocycles. The number of piperidine rings is 1. The minimum Gasteiger partial charge on any atom is -0.488 e. The van der Waals surface area contributed by atoms with Crippen molar-refractivity contribution in [2.24, 2.45) is 5.41 Å². The van der Waals surface area contributed by atoms with Gasteiger partial charge in [0.15, 0.2) is 0 Å². The van der Waals surface area contributed by atoms with Gasteiger partial charge in [0.25, 0.3) is 0 Å². The minimum absolute atomic E-state index is 0.540. The summed E-state index contributed by atoms with van der Waals surface area (Å²) < 4.78 is 11.6. The second-order valence-corrected chi connectivity index (χ2v) is 9.66. The first-order valence-corrected chi connectivity index (χ1v) is 11.3. The Morgan fingerprint density at radius 2 is 1.88 bits per heavy atom. The summed E-state index contributed by atoms with van der Waals surface area (Å²) in [6.07, 6.45) is 1.86. The van der Waals surface area contributed by atoms with Crippen LogP contribution in [0.1, 0.15) is 54.5 Å². The molecule has 32 heavy (non-hydrogen) atoms. The average Bonchev–Trinajstić information content (AvgIpc) is 2.90. The van der Waals surface area contributed by atoms with Crippen LogP contribution in [-0.2, 0) is 22.7 Å². The number of methoxy groups -OCH3 is 1. The molecule has 0 spiro atoms. The summed E-state index contributed by atoms with van der Waals surface area (Å²) in [5, 5.41) is 9.51. The molecule has 1 saturated heterocycles. The predicted octanol–water partition coefficient (Wildman–Crippen LogP) is 5.04. The van der Waals surface area contributed by atoms with Gasteiger partial charge in [0.05, 0.1) is 12.0 Å². The number of benzene rings is 2. The fourth-order valence-electron chi connectivity index (χ4n) is 4.77. The molecule has 0 saturated carbocycles. The number of carboxylic acid groups (broad SMARTS) is 1. The monoisotopic (exact) mass is 435 g/mol. The smallest absolute Gasteiger partial charge is 0.310 e. The third-order valence-electron chi connectivity index (χ3n) is 6.55. The Labute approximate surface area is 190 Å². The van der Waals surface area contributed by atoms with Crippen LogP contribution in [0, 0.1) is 12.3 Å². The number of carboxylic acids is 1. The van der Waals surface area contributed by atoms with Gasteiger partial charge in [0.2, 0.25) is 0 Å². The summed E-state index contributed by atoms with van der Waals surface area (Å²) in [6, 6.07) is 13.0. The van der Waals surface area contributed by atoms with Gasteiger partial charge >= 0.3 is 5.97 Å². The fourth-order valence-corrected chi connectivity index (χ4v) is 4.77. The lowest BCUT2D eigenvalue weighted by Gasteiger charge is -2.34. The van der Waals surface area contributed by atoms with Gasteiger partial charge in [-0.2, -0.15) is 0 Å². The van der Waals surface area contributed by atoms with Crippen molar-refractivity contribution in [2.45, 2.75) is 46.8 Å². The van der Waals surface area contributed by atoms with Crippen LogP contribution in [0.15, 0.2) is 42.0 Å². The number of ether oxygens (including phenoxy) is 2. The lowest BCUT2D eigenvalue weighted by Crippen LogP contribution is -2.42. The molecule has 0 atom stereocenters. The second-order valence-electron chi connectivity index (χ2n) is 9.66. The van der Waals surface area contributed by atoms with Gasteiger partial charge in [-0.05, 0) is 74.1 Å². The molecule has 1 N–H and O–H groups in total. The van der Waals surface area contributed by atoms with E-state index in [1.54, 1.807) is 21.0 Å². The first kappa shape index (κ1) is 22.6. The number of fused-ring (bicyclic) bond motifs is 2. The highest BCUT2D eigenvalue weighted by Gasteiger charge is 2.32. The van der Waals surface area contributed by atoms with Crippen LogP contribution in [0.4, 0.5) is 0 Å². The third-order valence-corrected chi connectivity index (χ3v) is 6.55. The standard InChI is InChI=1S/C27H33NO4/c1-18-5-8-24-23(13-18)25(22-7-6-19(15-31-4)14-21(22)16-32-24)20-9-11-28(12-10-20)17-27(2,3)26(29)30/h5-8,13-14H,9-12,15-17H2,1-4H3,(H,29,30). The van der Waals surface area contributed by atoms with E-state index in [0.717, 1.165) is 42.8 Å². The van der Waals surface area contributed by atoms with Crippen molar-refractivity contribution < 1.29 is 19.4 Å². The highest BCUT2D eigenvalue weighted by Crippen LogP contribution is 2.42. The van der Waals surface area contributed by atoms with Crippen LogP contribution < -0.4 is 4.74 Å². The van der Waals surface area contributed by atoms with E-state index < -0.39 is 11.4 Å². The van der Waals surface area contributed by atoms with Crippen LogP contribution in [-0.4, -0.2) is 42.7 Å². The first-order chi connectivity index (χ1) is 15.3. The molecular weight excluding hydrogens is 402 g/mol. The highest BCUT2D eigenvalue weighted by molar-refractivity contribution is 5.87. The molecular formula is C27H33NO4. The number of likely N-dealkylation sites (tertiary alicyclic amines) is 1. The Balaban J connectivity index is 1.72. The molecule has 0 bridgehead atoms. The van der Waals surface area contributed by atoms with Crippen molar-refractivity contribution in [2.75, 3.05) is 26.7 Å². The van der Waals surface area contributed by atoms with Gasteiger partial charge in [-0.3, -0.25) is 4.79 Å². The number of aryl methyl sites for hydroxylation is 1. The zero-order chi connectivity index (χ0) is 22.9. The van der Waals surface area contributed by atoms with E-state index in [4.69, 9.17) is 9.47 Å². The molecule has 1 fully saturated rings. The van der Waals surface area contributed by atoms with Crippen molar-refractivity contribution in [3.63, 3.8) is 0 Å². The van der Waals surface area contributed by atoms with Gasteiger partial charge in [-0.15, -0.1) is 0 Å². The average molecular weight is 436 g/mol. The Bertz CT molecular complexity index is 1040. The van der Waals surface area contributed by atoms with Gasteiger partial charge in [-0.1, -0.05) is 29.3 Å². The van der Waals surface area contributed by atoms with E-state index >= 15 is 0 Å². The maximum absolute atomic E-state index is 11.6. The van der Waals surface area contributed by atoms with E-state index in [-0.39, 0.29) is 0 Å². The number of carbonyl (C=O) groups is 1. The number of nitrogens with zero attached hydrogens (tertiary/aromatic N) is 1. The summed E-state index contributed by atoms with van der Waals surface area (Å²) in [6.45, 7) is 9.16. The summed E-state index contributed by atoms with van der Waals surface area (Å²) in [5.41, 5.74) is 7.92. The molecule has 0 radical (unpaired) electrons. The Morgan fingerprint density at radius 1 is 1.12 bits per heavy atom. The third kappa shape index (κ3) is 4.59. The minimum atomic E-state index is -0.743. The summed E-state index contributed by atoms with van der Waals surface area (Å²) in [5.74, 6) is 0.185. The number of hydrogen-bond donors (Lipinski definition) is 1. The van der Waals surface area contributed by atoms with Gasteiger partial charge in [0.1, 0.15) is 12.4 Å². The fraction of sp³-hybridized carbons (Fsp3) is 0.444. The van der Waals surface area contributed by atoms with Gasteiger partial charge in [-0.25, -0.2) is 0 Å². The van der Waals surface area contributed by atoms with E-state index in [0.29, 0.717) is 19.8 Å². The van der Waals surface area contributed by atoms with Crippen molar-refractivity contribution in [3.8, 4) is 5.75 Å². The lowest BCUT2D eigenvalue weighted by atomic mass is 9.85. The van der Waals surface area contributed by atoms with Crippen LogP contribution in [0.5, 0.6) is 5.75 Å². The molecule has 2 aromatic rings. The molecule has 4 rings (SSSR count). The first-order valence-electron chi connectivity index (χ1n) is 11.3. The Morgan fingerprint density at radius 3 is 2.56 bits per heavy atom. The summed E-state index contributed by atoms with van der Waals surface area (Å²) >= 11 is 0. The molecule has 0 amide bonds. The predicted molar refractivity (Wildman–Crippen MR) is 126 cm³/mol. The van der Waals surface area contributed by atoms with Gasteiger partial charge in [0, 0.05) is 32.3 Å². The Hall–Kier alpha value is -2.63. The van der Waals surface area contributed by atoms with Crippen LogP contribution in [0.3, 0.4) is 0 Å². The summed E-state index contributed by atoms with van der Waals surface area (Å²) in [7, 11) is 1.72.